The van der Waals surface area contributed by atoms with E-state index in [-0.39, 0.29) is 11.8 Å². The van der Waals surface area contributed by atoms with Crippen molar-refractivity contribution < 1.29 is 9.59 Å². The van der Waals surface area contributed by atoms with Gasteiger partial charge in [-0.3, -0.25) is 20.4 Å². The van der Waals surface area contributed by atoms with Crippen molar-refractivity contribution in [1.82, 2.24) is 10.9 Å². The molecule has 0 bridgehead atoms. The zero-order chi connectivity index (χ0) is 18.4. The largest absolute Gasteiger partial charge is 0.270 e. The number of hydrogen-bond acceptors (Lipinski definition) is 4. The van der Waals surface area contributed by atoms with Crippen LogP contribution < -0.4 is 10.9 Å². The molecule has 2 aromatic carbocycles. The van der Waals surface area contributed by atoms with E-state index in [4.69, 9.17) is 0 Å². The summed E-state index contributed by atoms with van der Waals surface area (Å²) in [6.45, 7) is 0. The fourth-order valence-electron chi connectivity index (χ4n) is 2.18. The molecule has 0 aliphatic carbocycles. The Morgan fingerprint density at radius 2 is 1.65 bits per heavy atom. The van der Waals surface area contributed by atoms with Crippen molar-refractivity contribution in [2.45, 2.75) is 10.6 Å². The number of thioether (sulfide) groups is 1. The molecule has 4 nitrogen and oxygen atoms in total. The Kier molecular flexibility index (Phi) is 6.49. The van der Waals surface area contributed by atoms with Crippen molar-refractivity contribution >= 4 is 50.8 Å². The van der Waals surface area contributed by atoms with Crippen molar-refractivity contribution in [2.24, 2.45) is 0 Å². The van der Waals surface area contributed by atoms with E-state index in [0.717, 1.165) is 15.1 Å². The Morgan fingerprint density at radius 1 is 0.923 bits per heavy atom. The first-order valence-electron chi connectivity index (χ1n) is 7.74. The molecule has 0 saturated heterocycles. The summed E-state index contributed by atoms with van der Waals surface area (Å²) in [4.78, 5) is 26.7. The predicted octanol–water partition coefficient (Wildman–Crippen LogP) is 4.88. The molecule has 0 unspecified atom stereocenters. The highest BCUT2D eigenvalue weighted by Crippen LogP contribution is 2.27. The van der Waals surface area contributed by atoms with Gasteiger partial charge < -0.3 is 0 Å². The first-order valence-corrected chi connectivity index (χ1v) is 10.4. The maximum Gasteiger partial charge on any atom is 0.270 e. The van der Waals surface area contributed by atoms with E-state index in [2.05, 4.69) is 32.8 Å². The minimum atomic E-state index is -0.366. The summed E-state index contributed by atoms with van der Waals surface area (Å²) in [5.74, 6) is 0.0899. The molecule has 0 saturated carbocycles. The van der Waals surface area contributed by atoms with E-state index in [1.165, 1.54) is 4.88 Å². The molecule has 0 atom stereocenters. The molecule has 0 spiro atoms. The van der Waals surface area contributed by atoms with Crippen LogP contribution >= 0.6 is 39.0 Å². The number of hydrogen-bond donors (Lipinski definition) is 2. The van der Waals surface area contributed by atoms with Gasteiger partial charge in [0.1, 0.15) is 0 Å². The normalized spacial score (nSPS) is 10.3. The van der Waals surface area contributed by atoms with Crippen LogP contribution in [0, 0.1) is 0 Å². The number of hydrazine groups is 1. The van der Waals surface area contributed by atoms with E-state index < -0.39 is 0 Å². The molecular weight excluding hydrogens is 432 g/mol. The average Bonchev–Trinajstić information content (AvgIpc) is 3.18. The van der Waals surface area contributed by atoms with Gasteiger partial charge in [-0.1, -0.05) is 34.1 Å². The Labute approximate surface area is 168 Å². The van der Waals surface area contributed by atoms with Gasteiger partial charge in [0, 0.05) is 25.6 Å². The topological polar surface area (TPSA) is 58.2 Å². The zero-order valence-electron chi connectivity index (χ0n) is 13.6. The van der Waals surface area contributed by atoms with Crippen LogP contribution in [0.1, 0.15) is 25.6 Å². The lowest BCUT2D eigenvalue weighted by Gasteiger charge is -2.10. The number of amides is 2. The average molecular weight is 447 g/mol. The number of thiophene rings is 1. The summed E-state index contributed by atoms with van der Waals surface area (Å²) in [5.41, 5.74) is 5.94. The molecule has 26 heavy (non-hydrogen) atoms. The molecule has 3 rings (SSSR count). The zero-order valence-corrected chi connectivity index (χ0v) is 16.8. The molecule has 3 aromatic rings. The fourth-order valence-corrected chi connectivity index (χ4v) is 4.27. The Balaban J connectivity index is 1.62. The Bertz CT molecular complexity index is 896. The molecule has 2 N–H and O–H groups in total. The maximum absolute atomic E-state index is 12.5. The lowest BCUT2D eigenvalue weighted by atomic mass is 10.2. The van der Waals surface area contributed by atoms with E-state index in [1.54, 1.807) is 59.5 Å². The van der Waals surface area contributed by atoms with Crippen LogP contribution in [-0.4, -0.2) is 11.8 Å². The summed E-state index contributed by atoms with van der Waals surface area (Å²) in [7, 11) is 0. The third kappa shape index (κ3) is 4.97. The van der Waals surface area contributed by atoms with Crippen LogP contribution in [-0.2, 0) is 5.75 Å². The van der Waals surface area contributed by atoms with Gasteiger partial charge in [0.15, 0.2) is 0 Å². The number of halogens is 1. The smallest absolute Gasteiger partial charge is 0.267 e. The van der Waals surface area contributed by atoms with Crippen molar-refractivity contribution in [3.8, 4) is 0 Å². The van der Waals surface area contributed by atoms with Gasteiger partial charge in [0.05, 0.1) is 5.56 Å². The van der Waals surface area contributed by atoms with Crippen LogP contribution in [0.5, 0.6) is 0 Å². The second-order valence-electron chi connectivity index (χ2n) is 5.28. The highest BCUT2D eigenvalue weighted by atomic mass is 79.9. The van der Waals surface area contributed by atoms with Gasteiger partial charge in [-0.25, -0.2) is 0 Å². The van der Waals surface area contributed by atoms with Gasteiger partial charge in [-0.05, 0) is 47.8 Å². The minimum absolute atomic E-state index is 0.343. The molecule has 1 aromatic heterocycles. The lowest BCUT2D eigenvalue weighted by molar-refractivity contribution is 0.0845. The second kappa shape index (κ2) is 9.02. The summed E-state index contributed by atoms with van der Waals surface area (Å²) in [6.07, 6.45) is 0. The fraction of sp³-hybridized carbons (Fsp3) is 0.0526. The molecular formula is C19H15BrN2O2S2. The first-order chi connectivity index (χ1) is 12.6. The van der Waals surface area contributed by atoms with Crippen LogP contribution in [0.3, 0.4) is 0 Å². The molecule has 0 radical (unpaired) electrons. The van der Waals surface area contributed by atoms with Gasteiger partial charge in [-0.15, -0.1) is 23.1 Å². The highest BCUT2D eigenvalue weighted by Gasteiger charge is 2.13. The third-order valence-corrected chi connectivity index (χ3v) is 6.19. The predicted molar refractivity (Wildman–Crippen MR) is 109 cm³/mol. The van der Waals surface area contributed by atoms with Crippen LogP contribution in [0.25, 0.3) is 0 Å². The number of carbonyl (C=O) groups excluding carboxylic acids is 2. The van der Waals surface area contributed by atoms with Gasteiger partial charge in [0.2, 0.25) is 0 Å². The lowest BCUT2D eigenvalue weighted by Crippen LogP contribution is -2.41. The van der Waals surface area contributed by atoms with Gasteiger partial charge in [-0.2, -0.15) is 0 Å². The molecule has 132 valence electrons. The van der Waals surface area contributed by atoms with Crippen molar-refractivity contribution in [2.75, 3.05) is 0 Å². The molecule has 1 heterocycles. The number of rotatable bonds is 5. The number of benzene rings is 2. The van der Waals surface area contributed by atoms with Crippen LogP contribution in [0.4, 0.5) is 0 Å². The second-order valence-corrected chi connectivity index (χ2v) is 8.24. The Hall–Kier alpha value is -2.09. The van der Waals surface area contributed by atoms with Gasteiger partial charge in [0.25, 0.3) is 11.8 Å². The standard InChI is InChI=1S/C19H15BrN2O2S2/c20-14-9-7-13(8-10-14)18(23)21-22-19(24)16-5-1-2-6-17(16)26-12-15-4-3-11-25-15/h1-11H,12H2,(H,21,23)(H,22,24). The summed E-state index contributed by atoms with van der Waals surface area (Å²) in [6, 6.07) is 18.3. The number of carbonyl (C=O) groups is 2. The first kappa shape index (κ1) is 18.7. The SMILES string of the molecule is O=C(NNC(=O)c1ccccc1SCc1cccs1)c1ccc(Br)cc1. The monoisotopic (exact) mass is 446 g/mol. The minimum Gasteiger partial charge on any atom is -0.267 e. The Morgan fingerprint density at radius 3 is 2.38 bits per heavy atom. The molecule has 2 amide bonds. The summed E-state index contributed by atoms with van der Waals surface area (Å²) < 4.78 is 0.884. The third-order valence-electron chi connectivity index (χ3n) is 3.48. The van der Waals surface area contributed by atoms with Crippen molar-refractivity contribution in [1.29, 1.82) is 0 Å². The molecule has 0 fully saturated rings. The van der Waals surface area contributed by atoms with E-state index >= 15 is 0 Å². The van der Waals surface area contributed by atoms with Crippen LogP contribution in [0.2, 0.25) is 0 Å². The maximum atomic E-state index is 12.5. The molecule has 0 aliphatic rings. The summed E-state index contributed by atoms with van der Waals surface area (Å²) >= 11 is 6.61. The van der Waals surface area contributed by atoms with Crippen molar-refractivity contribution in [3.63, 3.8) is 0 Å². The molecule has 0 aliphatic heterocycles. The van der Waals surface area contributed by atoms with Gasteiger partial charge >= 0.3 is 0 Å². The van der Waals surface area contributed by atoms with Crippen molar-refractivity contribution in [3.05, 3.63) is 86.5 Å². The quantitative estimate of drug-likeness (QED) is 0.433. The van der Waals surface area contributed by atoms with E-state index in [0.29, 0.717) is 11.1 Å². The van der Waals surface area contributed by atoms with Crippen LogP contribution in [0.15, 0.2) is 75.4 Å². The van der Waals surface area contributed by atoms with E-state index in [1.807, 2.05) is 23.6 Å². The summed E-state index contributed by atoms with van der Waals surface area (Å²) in [5, 5.41) is 2.03. The molecule has 7 heteroatoms. The number of nitrogens with one attached hydrogen (secondary N) is 2. The highest BCUT2D eigenvalue weighted by molar-refractivity contribution is 9.10. The van der Waals surface area contributed by atoms with E-state index in [9.17, 15) is 9.59 Å².